The average molecular weight is 419 g/mol. The molecule has 4 nitrogen and oxygen atoms in total. The van der Waals surface area contributed by atoms with Crippen molar-refractivity contribution in [1.29, 1.82) is 0 Å². The van der Waals surface area contributed by atoms with Crippen LogP contribution in [0.3, 0.4) is 0 Å². The van der Waals surface area contributed by atoms with Gasteiger partial charge in [0.1, 0.15) is 18.2 Å². The molecule has 4 rings (SSSR count). The molecule has 0 unspecified atom stereocenters. The number of para-hydroxylation sites is 1. The Bertz CT molecular complexity index is 992. The summed E-state index contributed by atoms with van der Waals surface area (Å²) in [5.41, 5.74) is 2.41. The number of rotatable bonds is 6. The van der Waals surface area contributed by atoms with Gasteiger partial charge in [0.25, 0.3) is 5.91 Å². The first-order valence-electron chi connectivity index (χ1n) is 10.7. The second kappa shape index (κ2) is 10.2. The van der Waals surface area contributed by atoms with E-state index in [0.717, 1.165) is 30.8 Å². The lowest BCUT2D eigenvalue weighted by molar-refractivity contribution is 0.0761. The Kier molecular flexibility index (Phi) is 6.95. The van der Waals surface area contributed by atoms with Crippen LogP contribution in [0.2, 0.25) is 0 Å². The van der Waals surface area contributed by atoms with Crippen LogP contribution >= 0.6 is 0 Å². The fourth-order valence-corrected chi connectivity index (χ4v) is 3.81. The highest BCUT2D eigenvalue weighted by atomic mass is 19.1. The highest BCUT2D eigenvalue weighted by Crippen LogP contribution is 2.16. The Morgan fingerprint density at radius 2 is 1.58 bits per heavy atom. The maximum absolute atomic E-state index is 14.0. The average Bonchev–Trinajstić information content (AvgIpc) is 3.05. The van der Waals surface area contributed by atoms with Gasteiger partial charge in [-0.3, -0.25) is 9.69 Å². The summed E-state index contributed by atoms with van der Waals surface area (Å²) in [6.07, 6.45) is 0.878. The van der Waals surface area contributed by atoms with Crippen LogP contribution in [0, 0.1) is 5.82 Å². The van der Waals surface area contributed by atoms with E-state index in [2.05, 4.69) is 4.90 Å². The molecule has 0 aromatic heterocycles. The molecule has 0 aliphatic carbocycles. The molecule has 0 radical (unpaired) electrons. The predicted octanol–water partition coefficient (Wildman–Crippen LogP) is 4.75. The molecule has 1 aliphatic heterocycles. The number of hydrogen-bond donors (Lipinski definition) is 0. The number of hydrogen-bond acceptors (Lipinski definition) is 3. The Labute approximate surface area is 182 Å². The quantitative estimate of drug-likeness (QED) is 0.579. The van der Waals surface area contributed by atoms with E-state index in [1.165, 1.54) is 6.07 Å². The summed E-state index contributed by atoms with van der Waals surface area (Å²) < 4.78 is 19.7. The molecular formula is C26H27FN2O2. The van der Waals surface area contributed by atoms with Crippen molar-refractivity contribution in [1.82, 2.24) is 9.80 Å². The summed E-state index contributed by atoms with van der Waals surface area (Å²) >= 11 is 0. The van der Waals surface area contributed by atoms with Crippen molar-refractivity contribution >= 4 is 5.91 Å². The molecule has 1 heterocycles. The predicted molar refractivity (Wildman–Crippen MR) is 119 cm³/mol. The number of amides is 1. The molecule has 0 atom stereocenters. The van der Waals surface area contributed by atoms with E-state index in [9.17, 15) is 9.18 Å². The smallest absolute Gasteiger partial charge is 0.253 e. The SMILES string of the molecule is O=C(c1ccc(COc2ccccc2)cc1)N1CCCN(Cc2ccccc2F)CC1. The summed E-state index contributed by atoms with van der Waals surface area (Å²) in [5, 5.41) is 0. The van der Waals surface area contributed by atoms with Gasteiger partial charge in [-0.2, -0.15) is 0 Å². The minimum Gasteiger partial charge on any atom is -0.489 e. The van der Waals surface area contributed by atoms with Gasteiger partial charge in [0.05, 0.1) is 0 Å². The van der Waals surface area contributed by atoms with Gasteiger partial charge >= 0.3 is 0 Å². The van der Waals surface area contributed by atoms with E-state index in [0.29, 0.717) is 37.4 Å². The zero-order valence-electron chi connectivity index (χ0n) is 17.5. The number of carbonyl (C=O) groups is 1. The molecule has 0 bridgehead atoms. The normalized spacial score (nSPS) is 14.8. The number of benzene rings is 3. The highest BCUT2D eigenvalue weighted by Gasteiger charge is 2.21. The van der Waals surface area contributed by atoms with Gasteiger partial charge in [0.2, 0.25) is 0 Å². The topological polar surface area (TPSA) is 32.8 Å². The first kappa shape index (κ1) is 21.1. The largest absolute Gasteiger partial charge is 0.489 e. The summed E-state index contributed by atoms with van der Waals surface area (Å²) in [5.74, 6) is 0.700. The standard InChI is InChI=1S/C26H27FN2O2/c27-25-10-5-4-7-23(25)19-28-15-6-16-29(18-17-28)26(30)22-13-11-21(12-14-22)20-31-24-8-2-1-3-9-24/h1-5,7-14H,6,15-20H2. The van der Waals surface area contributed by atoms with E-state index in [4.69, 9.17) is 4.74 Å². The molecule has 5 heteroatoms. The van der Waals surface area contributed by atoms with Crippen LogP contribution in [0.4, 0.5) is 4.39 Å². The third-order valence-corrected chi connectivity index (χ3v) is 5.58. The Morgan fingerprint density at radius 3 is 2.35 bits per heavy atom. The Balaban J connectivity index is 1.31. The third-order valence-electron chi connectivity index (χ3n) is 5.58. The fourth-order valence-electron chi connectivity index (χ4n) is 3.81. The second-order valence-electron chi connectivity index (χ2n) is 7.81. The summed E-state index contributed by atoms with van der Waals surface area (Å²) in [7, 11) is 0. The summed E-state index contributed by atoms with van der Waals surface area (Å²) in [6, 6.07) is 24.2. The van der Waals surface area contributed by atoms with Crippen LogP contribution < -0.4 is 4.74 Å². The molecule has 3 aromatic carbocycles. The first-order valence-corrected chi connectivity index (χ1v) is 10.7. The molecule has 1 amide bonds. The summed E-state index contributed by atoms with van der Waals surface area (Å²) in [6.45, 7) is 3.99. The van der Waals surface area contributed by atoms with Gasteiger partial charge in [0, 0.05) is 43.9 Å². The number of carbonyl (C=O) groups excluding carboxylic acids is 1. The van der Waals surface area contributed by atoms with Crippen molar-refractivity contribution in [3.05, 3.63) is 101 Å². The van der Waals surface area contributed by atoms with Crippen molar-refractivity contribution in [3.63, 3.8) is 0 Å². The number of ether oxygens (including phenoxy) is 1. The zero-order valence-corrected chi connectivity index (χ0v) is 17.5. The van der Waals surface area contributed by atoms with Crippen molar-refractivity contribution in [2.45, 2.75) is 19.6 Å². The molecule has 3 aromatic rings. The Morgan fingerprint density at radius 1 is 0.839 bits per heavy atom. The van der Waals surface area contributed by atoms with Gasteiger partial charge in [-0.1, -0.05) is 48.5 Å². The number of nitrogens with zero attached hydrogens (tertiary/aromatic N) is 2. The molecule has 1 saturated heterocycles. The molecule has 0 saturated carbocycles. The van der Waals surface area contributed by atoms with Gasteiger partial charge in [-0.05, 0) is 42.3 Å². The third kappa shape index (κ3) is 5.70. The van der Waals surface area contributed by atoms with Gasteiger partial charge in [-0.15, -0.1) is 0 Å². The second-order valence-corrected chi connectivity index (χ2v) is 7.81. The lowest BCUT2D eigenvalue weighted by Gasteiger charge is -2.22. The highest BCUT2D eigenvalue weighted by molar-refractivity contribution is 5.94. The van der Waals surface area contributed by atoms with E-state index < -0.39 is 0 Å². The fraction of sp³-hybridized carbons (Fsp3) is 0.269. The van der Waals surface area contributed by atoms with Crippen LogP contribution in [0.5, 0.6) is 5.75 Å². The number of halogens is 1. The van der Waals surface area contributed by atoms with Crippen molar-refractivity contribution in [2.24, 2.45) is 0 Å². The molecule has 1 aliphatic rings. The maximum atomic E-state index is 14.0. The maximum Gasteiger partial charge on any atom is 0.253 e. The molecule has 1 fully saturated rings. The van der Waals surface area contributed by atoms with Crippen LogP contribution in [-0.4, -0.2) is 41.9 Å². The molecular weight excluding hydrogens is 391 g/mol. The van der Waals surface area contributed by atoms with Crippen LogP contribution in [-0.2, 0) is 13.2 Å². The molecule has 160 valence electrons. The molecule has 0 spiro atoms. The Hall–Kier alpha value is -3.18. The minimum absolute atomic E-state index is 0.0447. The van der Waals surface area contributed by atoms with Crippen molar-refractivity contribution in [3.8, 4) is 5.75 Å². The minimum atomic E-state index is -0.170. The van der Waals surface area contributed by atoms with Crippen molar-refractivity contribution in [2.75, 3.05) is 26.2 Å². The lowest BCUT2D eigenvalue weighted by atomic mass is 10.1. The van der Waals surface area contributed by atoms with Crippen molar-refractivity contribution < 1.29 is 13.9 Å². The van der Waals surface area contributed by atoms with E-state index in [1.807, 2.05) is 71.6 Å². The zero-order chi connectivity index (χ0) is 21.5. The van der Waals surface area contributed by atoms with E-state index in [-0.39, 0.29) is 11.7 Å². The van der Waals surface area contributed by atoms with E-state index >= 15 is 0 Å². The molecule has 0 N–H and O–H groups in total. The van der Waals surface area contributed by atoms with Gasteiger partial charge in [0.15, 0.2) is 0 Å². The first-order chi connectivity index (χ1) is 15.2. The summed E-state index contributed by atoms with van der Waals surface area (Å²) in [4.78, 5) is 17.1. The van der Waals surface area contributed by atoms with Crippen LogP contribution in [0.1, 0.15) is 27.9 Å². The van der Waals surface area contributed by atoms with Gasteiger partial charge < -0.3 is 9.64 Å². The van der Waals surface area contributed by atoms with E-state index in [1.54, 1.807) is 6.07 Å². The van der Waals surface area contributed by atoms with Crippen LogP contribution in [0.25, 0.3) is 0 Å². The van der Waals surface area contributed by atoms with Gasteiger partial charge in [-0.25, -0.2) is 4.39 Å². The lowest BCUT2D eigenvalue weighted by Crippen LogP contribution is -2.35. The molecule has 31 heavy (non-hydrogen) atoms. The monoisotopic (exact) mass is 418 g/mol. The van der Waals surface area contributed by atoms with Crippen LogP contribution in [0.15, 0.2) is 78.9 Å².